The predicted octanol–water partition coefficient (Wildman–Crippen LogP) is 3.60. The molecule has 4 rings (SSSR count). The Morgan fingerprint density at radius 3 is 2.77 bits per heavy atom. The molecule has 8 nitrogen and oxygen atoms in total. The number of nitriles is 1. The van der Waals surface area contributed by atoms with Crippen LogP contribution in [-0.4, -0.2) is 19.5 Å². The molecular weight excluding hydrogens is 421 g/mol. The Kier molecular flexibility index (Phi) is 5.23. The van der Waals surface area contributed by atoms with Crippen LogP contribution in [0.15, 0.2) is 53.5 Å². The van der Waals surface area contributed by atoms with Crippen LogP contribution in [0.5, 0.6) is 0 Å². The number of nitrogen functional groups attached to an aromatic ring is 1. The van der Waals surface area contributed by atoms with Crippen molar-refractivity contribution in [2.45, 2.75) is 13.0 Å². The SMILES string of the molecule is C[C@@H](Nc1nc(N)ncc1C#N)c1nc2cccc(Cl)c2c(=O)n1-c1cccc(F)c1. The molecule has 0 aliphatic rings. The summed E-state index contributed by atoms with van der Waals surface area (Å²) in [5.41, 5.74) is 6.04. The Bertz CT molecular complexity index is 1410. The van der Waals surface area contributed by atoms with Crippen LogP contribution in [0.4, 0.5) is 16.2 Å². The van der Waals surface area contributed by atoms with E-state index in [0.717, 1.165) is 0 Å². The maximum absolute atomic E-state index is 14.0. The molecule has 10 heteroatoms. The number of halogens is 2. The van der Waals surface area contributed by atoms with Gasteiger partial charge in [-0.1, -0.05) is 23.7 Å². The van der Waals surface area contributed by atoms with E-state index in [1.807, 2.05) is 6.07 Å². The first-order chi connectivity index (χ1) is 14.9. The highest BCUT2D eigenvalue weighted by molar-refractivity contribution is 6.35. The molecule has 2 heterocycles. The summed E-state index contributed by atoms with van der Waals surface area (Å²) < 4.78 is 15.2. The van der Waals surface area contributed by atoms with E-state index in [1.165, 1.54) is 29.0 Å². The number of nitrogens with zero attached hydrogens (tertiary/aromatic N) is 5. The number of anilines is 2. The van der Waals surface area contributed by atoms with Gasteiger partial charge in [-0.15, -0.1) is 0 Å². The van der Waals surface area contributed by atoms with Crippen molar-refractivity contribution in [1.29, 1.82) is 5.26 Å². The average molecular weight is 436 g/mol. The molecule has 0 radical (unpaired) electrons. The highest BCUT2D eigenvalue weighted by Gasteiger charge is 2.21. The maximum Gasteiger partial charge on any atom is 0.267 e. The summed E-state index contributed by atoms with van der Waals surface area (Å²) in [5, 5.41) is 12.8. The third-order valence-electron chi connectivity index (χ3n) is 4.61. The summed E-state index contributed by atoms with van der Waals surface area (Å²) in [6.07, 6.45) is 1.30. The second-order valence-electron chi connectivity index (χ2n) is 6.69. The zero-order chi connectivity index (χ0) is 22.1. The largest absolute Gasteiger partial charge is 0.368 e. The molecule has 1 atom stereocenters. The van der Waals surface area contributed by atoms with Crippen LogP contribution in [0, 0.1) is 17.1 Å². The van der Waals surface area contributed by atoms with Gasteiger partial charge in [0.1, 0.15) is 29.1 Å². The van der Waals surface area contributed by atoms with Crippen LogP contribution < -0.4 is 16.6 Å². The highest BCUT2D eigenvalue weighted by atomic mass is 35.5. The van der Waals surface area contributed by atoms with Gasteiger partial charge in [-0.2, -0.15) is 10.2 Å². The van der Waals surface area contributed by atoms with Gasteiger partial charge >= 0.3 is 0 Å². The van der Waals surface area contributed by atoms with Gasteiger partial charge in [0.05, 0.1) is 33.9 Å². The van der Waals surface area contributed by atoms with Crippen molar-refractivity contribution in [3.05, 3.63) is 81.2 Å². The number of aromatic nitrogens is 4. The van der Waals surface area contributed by atoms with Gasteiger partial charge in [-0.25, -0.2) is 14.4 Å². The van der Waals surface area contributed by atoms with E-state index in [1.54, 1.807) is 31.2 Å². The van der Waals surface area contributed by atoms with Gasteiger partial charge in [0, 0.05) is 0 Å². The molecule has 3 N–H and O–H groups in total. The van der Waals surface area contributed by atoms with Crippen molar-refractivity contribution in [3.8, 4) is 11.8 Å². The fraction of sp³-hybridized carbons (Fsp3) is 0.0952. The topological polar surface area (TPSA) is 123 Å². The minimum atomic E-state index is -0.624. The summed E-state index contributed by atoms with van der Waals surface area (Å²) in [6.45, 7) is 1.73. The Balaban J connectivity index is 1.95. The smallest absolute Gasteiger partial charge is 0.267 e. The number of fused-ring (bicyclic) bond motifs is 1. The van der Waals surface area contributed by atoms with Crippen molar-refractivity contribution in [2.75, 3.05) is 11.1 Å². The lowest BCUT2D eigenvalue weighted by Gasteiger charge is -2.20. The van der Waals surface area contributed by atoms with E-state index < -0.39 is 17.4 Å². The van der Waals surface area contributed by atoms with Crippen LogP contribution in [0.1, 0.15) is 24.4 Å². The van der Waals surface area contributed by atoms with E-state index in [9.17, 15) is 14.4 Å². The maximum atomic E-state index is 14.0. The van der Waals surface area contributed by atoms with Gasteiger partial charge < -0.3 is 11.1 Å². The van der Waals surface area contributed by atoms with E-state index >= 15 is 0 Å². The van der Waals surface area contributed by atoms with Crippen LogP contribution >= 0.6 is 11.6 Å². The normalized spacial score (nSPS) is 11.8. The number of benzene rings is 2. The van der Waals surface area contributed by atoms with Crippen molar-refractivity contribution in [2.24, 2.45) is 0 Å². The molecule has 0 aliphatic heterocycles. The van der Waals surface area contributed by atoms with Gasteiger partial charge in [0.25, 0.3) is 5.56 Å². The molecule has 154 valence electrons. The first-order valence-corrected chi connectivity index (χ1v) is 9.53. The molecule has 2 aromatic carbocycles. The Hall–Kier alpha value is -4.03. The third kappa shape index (κ3) is 3.76. The zero-order valence-corrected chi connectivity index (χ0v) is 16.9. The molecule has 0 spiro atoms. The summed E-state index contributed by atoms with van der Waals surface area (Å²) in [4.78, 5) is 25.9. The number of rotatable bonds is 4. The minimum absolute atomic E-state index is 0.0190. The third-order valence-corrected chi connectivity index (χ3v) is 4.92. The van der Waals surface area contributed by atoms with Crippen molar-refractivity contribution >= 4 is 34.3 Å². The predicted molar refractivity (Wildman–Crippen MR) is 116 cm³/mol. The number of nitrogens with one attached hydrogen (secondary N) is 1. The Morgan fingerprint density at radius 2 is 2.03 bits per heavy atom. The summed E-state index contributed by atoms with van der Waals surface area (Å²) in [7, 11) is 0. The second kappa shape index (κ2) is 8.01. The van der Waals surface area contributed by atoms with Crippen LogP contribution in [0.25, 0.3) is 16.6 Å². The van der Waals surface area contributed by atoms with Gasteiger partial charge in [0.2, 0.25) is 5.95 Å². The average Bonchev–Trinajstić information content (AvgIpc) is 2.73. The van der Waals surface area contributed by atoms with Gasteiger partial charge in [0.15, 0.2) is 0 Å². The number of hydrogen-bond donors (Lipinski definition) is 2. The van der Waals surface area contributed by atoms with E-state index in [4.69, 9.17) is 17.3 Å². The molecule has 31 heavy (non-hydrogen) atoms. The molecule has 2 aromatic heterocycles. The first kappa shape index (κ1) is 20.3. The molecular formula is C21H15ClFN7O. The molecule has 0 saturated carbocycles. The van der Waals surface area contributed by atoms with Gasteiger partial charge in [-0.05, 0) is 37.3 Å². The molecule has 4 aromatic rings. The summed E-state index contributed by atoms with van der Waals surface area (Å²) in [6, 6.07) is 11.9. The molecule has 0 bridgehead atoms. The highest BCUT2D eigenvalue weighted by Crippen LogP contribution is 2.25. The van der Waals surface area contributed by atoms with Crippen LogP contribution in [0.3, 0.4) is 0 Å². The standard InChI is InChI=1S/C21H15ClFN7O/c1-11(27-18-12(9-24)10-26-21(25)29-18)19-28-16-7-3-6-15(22)17(16)20(31)30(19)14-5-2-4-13(23)8-14/h2-8,10-11H,1H3,(H3,25,26,27,29)/t11-/m1/s1. The lowest BCUT2D eigenvalue weighted by Crippen LogP contribution is -2.28. The van der Waals surface area contributed by atoms with Crippen molar-refractivity contribution < 1.29 is 4.39 Å². The minimum Gasteiger partial charge on any atom is -0.368 e. The summed E-state index contributed by atoms with van der Waals surface area (Å²) in [5.74, 6) is -0.0693. The fourth-order valence-electron chi connectivity index (χ4n) is 3.22. The van der Waals surface area contributed by atoms with E-state index in [-0.39, 0.29) is 39.3 Å². The summed E-state index contributed by atoms with van der Waals surface area (Å²) >= 11 is 6.26. The molecule has 0 fully saturated rings. The van der Waals surface area contributed by atoms with Gasteiger partial charge in [-0.3, -0.25) is 9.36 Å². The number of hydrogen-bond acceptors (Lipinski definition) is 7. The Morgan fingerprint density at radius 1 is 1.26 bits per heavy atom. The Labute approximate surface area is 180 Å². The van der Waals surface area contributed by atoms with Crippen molar-refractivity contribution in [3.63, 3.8) is 0 Å². The second-order valence-corrected chi connectivity index (χ2v) is 7.10. The lowest BCUT2D eigenvalue weighted by atomic mass is 10.2. The molecule has 0 saturated heterocycles. The van der Waals surface area contributed by atoms with Crippen molar-refractivity contribution in [1.82, 2.24) is 19.5 Å². The molecule has 0 aliphatic carbocycles. The monoisotopic (exact) mass is 435 g/mol. The zero-order valence-electron chi connectivity index (χ0n) is 16.2. The molecule has 0 unspecified atom stereocenters. The number of nitrogens with two attached hydrogens (primary N) is 1. The first-order valence-electron chi connectivity index (χ1n) is 9.15. The van der Waals surface area contributed by atoms with Crippen LogP contribution in [-0.2, 0) is 0 Å². The lowest BCUT2D eigenvalue weighted by molar-refractivity contribution is 0.624. The van der Waals surface area contributed by atoms with E-state index in [2.05, 4.69) is 20.3 Å². The van der Waals surface area contributed by atoms with Crippen LogP contribution in [0.2, 0.25) is 5.02 Å². The quantitative estimate of drug-likeness (QED) is 0.502. The van der Waals surface area contributed by atoms with E-state index in [0.29, 0.717) is 5.52 Å². The molecule has 0 amide bonds. The fourth-order valence-corrected chi connectivity index (χ4v) is 3.47.